The Morgan fingerprint density at radius 3 is 2.96 bits per heavy atom. The molecule has 0 saturated heterocycles. The van der Waals surface area contributed by atoms with Gasteiger partial charge in [-0.2, -0.15) is 16.3 Å². The Balaban J connectivity index is 1.77. The van der Waals surface area contributed by atoms with E-state index >= 15 is 0 Å². The number of thiophene rings is 1. The van der Waals surface area contributed by atoms with Gasteiger partial charge in [-0.1, -0.05) is 17.7 Å². The average molecular weight is 356 g/mol. The zero-order valence-corrected chi connectivity index (χ0v) is 14.5. The lowest BCUT2D eigenvalue weighted by molar-refractivity contribution is 0.941. The normalized spacial score (nSPS) is 11.1. The lowest BCUT2D eigenvalue weighted by Gasteiger charge is -2.08. The summed E-state index contributed by atoms with van der Waals surface area (Å²) in [6.45, 7) is 0.612. The molecule has 4 rings (SSSR count). The molecule has 4 aromatic rings. The van der Waals surface area contributed by atoms with E-state index < -0.39 is 0 Å². The fourth-order valence-corrected chi connectivity index (χ4v) is 3.38. The number of pyridine rings is 1. The van der Waals surface area contributed by atoms with Crippen molar-refractivity contribution in [3.63, 3.8) is 0 Å². The molecular formula is C17H14ClN5S. The molecule has 0 unspecified atom stereocenters. The third kappa shape index (κ3) is 2.74. The zero-order valence-electron chi connectivity index (χ0n) is 12.9. The molecule has 0 saturated carbocycles. The van der Waals surface area contributed by atoms with Gasteiger partial charge in [-0.15, -0.1) is 0 Å². The van der Waals surface area contributed by atoms with E-state index in [2.05, 4.69) is 26.7 Å². The summed E-state index contributed by atoms with van der Waals surface area (Å²) in [5.74, 6) is 0.574. The van der Waals surface area contributed by atoms with Crippen molar-refractivity contribution in [2.75, 3.05) is 5.32 Å². The summed E-state index contributed by atoms with van der Waals surface area (Å²) in [7, 11) is 1.90. The predicted octanol–water partition coefficient (Wildman–Crippen LogP) is 4.36. The van der Waals surface area contributed by atoms with Gasteiger partial charge in [0.2, 0.25) is 5.95 Å². The quantitative estimate of drug-likeness (QED) is 0.591. The summed E-state index contributed by atoms with van der Waals surface area (Å²) in [5.41, 5.74) is 3.84. The van der Waals surface area contributed by atoms with Gasteiger partial charge >= 0.3 is 0 Å². The highest BCUT2D eigenvalue weighted by molar-refractivity contribution is 7.08. The number of aryl methyl sites for hydroxylation is 1. The second-order valence-corrected chi connectivity index (χ2v) is 6.55. The third-order valence-corrected chi connectivity index (χ3v) is 4.84. The van der Waals surface area contributed by atoms with Crippen LogP contribution in [0.3, 0.4) is 0 Å². The maximum absolute atomic E-state index is 6.28. The Morgan fingerprint density at radius 2 is 2.21 bits per heavy atom. The van der Waals surface area contributed by atoms with E-state index in [-0.39, 0.29) is 0 Å². The van der Waals surface area contributed by atoms with Crippen molar-refractivity contribution >= 4 is 39.9 Å². The molecule has 0 spiro atoms. The molecule has 120 valence electrons. The van der Waals surface area contributed by atoms with Gasteiger partial charge < -0.3 is 9.88 Å². The van der Waals surface area contributed by atoms with Crippen LogP contribution < -0.4 is 5.32 Å². The predicted molar refractivity (Wildman–Crippen MR) is 98.4 cm³/mol. The Bertz CT molecular complexity index is 979. The molecular weight excluding hydrogens is 342 g/mol. The maximum Gasteiger partial charge on any atom is 0.225 e. The van der Waals surface area contributed by atoms with Gasteiger partial charge in [0.25, 0.3) is 0 Å². The summed E-state index contributed by atoms with van der Waals surface area (Å²) in [6, 6.07) is 7.89. The minimum atomic E-state index is 0.574. The van der Waals surface area contributed by atoms with E-state index in [4.69, 9.17) is 16.6 Å². The molecule has 0 aliphatic rings. The molecule has 1 N–H and O–H groups in total. The van der Waals surface area contributed by atoms with E-state index in [0.29, 0.717) is 17.6 Å². The molecule has 0 fully saturated rings. The van der Waals surface area contributed by atoms with E-state index in [1.807, 2.05) is 41.4 Å². The van der Waals surface area contributed by atoms with Gasteiger partial charge in [0, 0.05) is 42.3 Å². The SMILES string of the molecule is Cn1c(Cl)cc2c(-c3ccsc3)nc(NCc3cccnc3)nc21. The monoisotopic (exact) mass is 355 g/mol. The second kappa shape index (κ2) is 6.22. The van der Waals surface area contributed by atoms with Crippen molar-refractivity contribution in [2.24, 2.45) is 7.05 Å². The zero-order chi connectivity index (χ0) is 16.5. The lowest BCUT2D eigenvalue weighted by atomic mass is 10.2. The summed E-state index contributed by atoms with van der Waals surface area (Å²) < 4.78 is 1.86. The lowest BCUT2D eigenvalue weighted by Crippen LogP contribution is -2.05. The number of hydrogen-bond donors (Lipinski definition) is 1. The van der Waals surface area contributed by atoms with Crippen LogP contribution in [-0.4, -0.2) is 19.5 Å². The number of rotatable bonds is 4. The molecule has 0 aromatic carbocycles. The maximum atomic E-state index is 6.28. The Labute approximate surface area is 148 Å². The smallest absolute Gasteiger partial charge is 0.225 e. The van der Waals surface area contributed by atoms with Gasteiger partial charge in [-0.05, 0) is 29.1 Å². The first kappa shape index (κ1) is 15.1. The molecule has 4 aromatic heterocycles. The van der Waals surface area contributed by atoms with Crippen LogP contribution in [-0.2, 0) is 13.6 Å². The van der Waals surface area contributed by atoms with Crippen LogP contribution >= 0.6 is 22.9 Å². The topological polar surface area (TPSA) is 55.6 Å². The van der Waals surface area contributed by atoms with Gasteiger partial charge in [0.15, 0.2) is 0 Å². The summed E-state index contributed by atoms with van der Waals surface area (Å²) in [5, 5.41) is 8.98. The molecule has 0 aliphatic carbocycles. The number of hydrogen-bond acceptors (Lipinski definition) is 5. The van der Waals surface area contributed by atoms with Crippen LogP contribution in [0.2, 0.25) is 5.15 Å². The first-order valence-corrected chi connectivity index (χ1v) is 8.73. The number of fused-ring (bicyclic) bond motifs is 1. The van der Waals surface area contributed by atoms with Gasteiger partial charge in [-0.3, -0.25) is 4.98 Å². The number of anilines is 1. The van der Waals surface area contributed by atoms with Gasteiger partial charge in [-0.25, -0.2) is 4.98 Å². The van der Waals surface area contributed by atoms with E-state index in [9.17, 15) is 0 Å². The van der Waals surface area contributed by atoms with Crippen LogP contribution in [0, 0.1) is 0 Å². The van der Waals surface area contributed by atoms with Crippen LogP contribution in [0.15, 0.2) is 47.4 Å². The summed E-state index contributed by atoms with van der Waals surface area (Å²) in [4.78, 5) is 13.4. The minimum absolute atomic E-state index is 0.574. The van der Waals surface area contributed by atoms with Gasteiger partial charge in [0.05, 0.1) is 5.69 Å². The molecule has 7 heteroatoms. The highest BCUT2D eigenvalue weighted by atomic mass is 35.5. The third-order valence-electron chi connectivity index (χ3n) is 3.80. The Morgan fingerprint density at radius 1 is 1.29 bits per heavy atom. The number of aromatic nitrogens is 4. The van der Waals surface area contributed by atoms with Crippen LogP contribution in [0.5, 0.6) is 0 Å². The Kier molecular flexibility index (Phi) is 3.92. The molecule has 0 aliphatic heterocycles. The molecule has 0 amide bonds. The fraction of sp³-hybridized carbons (Fsp3) is 0.118. The fourth-order valence-electron chi connectivity index (χ4n) is 2.55. The Hall–Kier alpha value is -2.44. The number of halogens is 1. The molecule has 4 heterocycles. The van der Waals surface area contributed by atoms with Crippen molar-refractivity contribution in [1.82, 2.24) is 19.5 Å². The van der Waals surface area contributed by atoms with Gasteiger partial charge in [0.1, 0.15) is 10.8 Å². The van der Waals surface area contributed by atoms with E-state index in [0.717, 1.165) is 27.9 Å². The first-order valence-electron chi connectivity index (χ1n) is 7.40. The minimum Gasteiger partial charge on any atom is -0.350 e. The first-order chi connectivity index (χ1) is 11.7. The summed E-state index contributed by atoms with van der Waals surface area (Å²) >= 11 is 7.92. The standard InChI is InChI=1S/C17H14ClN5S/c1-23-14(18)7-13-15(12-4-6-24-10-12)21-17(22-16(13)23)20-9-11-3-2-5-19-8-11/h2-8,10H,9H2,1H3,(H,20,21,22). The number of nitrogens with one attached hydrogen (secondary N) is 1. The van der Waals surface area contributed by atoms with Crippen molar-refractivity contribution in [1.29, 1.82) is 0 Å². The largest absolute Gasteiger partial charge is 0.350 e. The van der Waals surface area contributed by atoms with E-state index in [1.54, 1.807) is 17.5 Å². The van der Waals surface area contributed by atoms with Crippen LogP contribution in [0.4, 0.5) is 5.95 Å². The highest BCUT2D eigenvalue weighted by Gasteiger charge is 2.15. The van der Waals surface area contributed by atoms with Crippen molar-refractivity contribution in [2.45, 2.75) is 6.54 Å². The summed E-state index contributed by atoms with van der Waals surface area (Å²) in [6.07, 6.45) is 3.58. The van der Waals surface area contributed by atoms with Crippen molar-refractivity contribution in [3.8, 4) is 11.3 Å². The molecule has 0 bridgehead atoms. The van der Waals surface area contributed by atoms with Crippen LogP contribution in [0.1, 0.15) is 5.56 Å². The number of nitrogens with zero attached hydrogens (tertiary/aromatic N) is 4. The molecule has 0 radical (unpaired) electrons. The second-order valence-electron chi connectivity index (χ2n) is 5.39. The van der Waals surface area contributed by atoms with Crippen LogP contribution in [0.25, 0.3) is 22.3 Å². The molecule has 5 nitrogen and oxygen atoms in total. The van der Waals surface area contributed by atoms with Crippen molar-refractivity contribution < 1.29 is 0 Å². The molecule has 0 atom stereocenters. The van der Waals surface area contributed by atoms with Crippen molar-refractivity contribution in [3.05, 3.63) is 58.1 Å². The highest BCUT2D eigenvalue weighted by Crippen LogP contribution is 2.32. The van der Waals surface area contributed by atoms with E-state index in [1.165, 1.54) is 0 Å². The average Bonchev–Trinajstić information content (AvgIpc) is 3.23. The molecule has 24 heavy (non-hydrogen) atoms.